The van der Waals surface area contributed by atoms with Gasteiger partial charge in [-0.15, -0.1) is 0 Å². The molecule has 1 heterocycles. The zero-order valence-electron chi connectivity index (χ0n) is 16.5. The maximum Gasteiger partial charge on any atom is 0.243 e. The lowest BCUT2D eigenvalue weighted by atomic mass is 10.1. The number of aliphatic hydroxyl groups excluding tert-OH is 1. The van der Waals surface area contributed by atoms with Gasteiger partial charge in [-0.05, 0) is 36.4 Å². The van der Waals surface area contributed by atoms with E-state index in [1.807, 2.05) is 30.3 Å². The summed E-state index contributed by atoms with van der Waals surface area (Å²) in [6.07, 6.45) is 0. The molecular formula is C21H22N4O3S. The van der Waals surface area contributed by atoms with Crippen LogP contribution in [0.25, 0.3) is 22.4 Å². The van der Waals surface area contributed by atoms with E-state index in [-0.39, 0.29) is 16.2 Å². The van der Waals surface area contributed by atoms with Gasteiger partial charge >= 0.3 is 0 Å². The van der Waals surface area contributed by atoms with E-state index in [0.717, 1.165) is 5.52 Å². The monoisotopic (exact) mass is 410 g/mol. The van der Waals surface area contributed by atoms with Crippen molar-refractivity contribution in [1.29, 1.82) is 5.26 Å². The van der Waals surface area contributed by atoms with Gasteiger partial charge in [0, 0.05) is 25.7 Å². The number of nitrogens with zero attached hydrogens (tertiary/aromatic N) is 4. The normalized spacial score (nSPS) is 12.8. The minimum Gasteiger partial charge on any atom is -0.506 e. The van der Waals surface area contributed by atoms with Gasteiger partial charge in [0.15, 0.2) is 5.82 Å². The van der Waals surface area contributed by atoms with Crippen LogP contribution in [0.5, 0.6) is 0 Å². The van der Waals surface area contributed by atoms with Crippen molar-refractivity contribution in [1.82, 2.24) is 13.9 Å². The Morgan fingerprint density at radius 1 is 1.14 bits per heavy atom. The quantitative estimate of drug-likeness (QED) is 0.495. The summed E-state index contributed by atoms with van der Waals surface area (Å²) >= 11 is 0. The largest absolute Gasteiger partial charge is 0.506 e. The van der Waals surface area contributed by atoms with Crippen molar-refractivity contribution < 1.29 is 13.5 Å². The third-order valence-electron chi connectivity index (χ3n) is 4.83. The van der Waals surface area contributed by atoms with E-state index in [9.17, 15) is 18.8 Å². The zero-order chi connectivity index (χ0) is 21.2. The summed E-state index contributed by atoms with van der Waals surface area (Å²) in [6.45, 7) is 4.30. The van der Waals surface area contributed by atoms with Crippen LogP contribution in [0.2, 0.25) is 0 Å². The van der Waals surface area contributed by atoms with Gasteiger partial charge in [0.05, 0.1) is 15.9 Å². The number of aromatic nitrogens is 2. The molecule has 0 bridgehead atoms. The topological polar surface area (TPSA) is 99.2 Å². The van der Waals surface area contributed by atoms with Gasteiger partial charge in [0.2, 0.25) is 10.0 Å². The highest BCUT2D eigenvalue weighted by Gasteiger charge is 2.22. The maximum atomic E-state index is 12.6. The predicted octanol–water partition coefficient (Wildman–Crippen LogP) is 3.55. The number of sulfonamides is 1. The van der Waals surface area contributed by atoms with Crippen LogP contribution in [-0.2, 0) is 17.1 Å². The minimum absolute atomic E-state index is 0.0167. The fourth-order valence-electron chi connectivity index (χ4n) is 3.22. The van der Waals surface area contributed by atoms with Gasteiger partial charge in [0.1, 0.15) is 17.4 Å². The van der Waals surface area contributed by atoms with E-state index >= 15 is 0 Å². The van der Waals surface area contributed by atoms with E-state index in [4.69, 9.17) is 0 Å². The molecule has 0 atom stereocenters. The lowest BCUT2D eigenvalue weighted by Crippen LogP contribution is -2.30. The average Bonchev–Trinajstić information content (AvgIpc) is 3.06. The number of aliphatic hydroxyl groups is 1. The van der Waals surface area contributed by atoms with Crippen LogP contribution in [0, 0.1) is 11.3 Å². The van der Waals surface area contributed by atoms with Gasteiger partial charge in [-0.1, -0.05) is 26.0 Å². The van der Waals surface area contributed by atoms with Crippen molar-refractivity contribution >= 4 is 32.4 Å². The first-order valence-electron chi connectivity index (χ1n) is 9.20. The molecule has 29 heavy (non-hydrogen) atoms. The SMILES string of the molecule is CCN(CC)S(=O)(=O)c1ccc(/C(O)=C(\C#N)c2nc3ccccc3n2C)cc1. The molecule has 0 radical (unpaired) electrons. The number of para-hydroxylation sites is 2. The summed E-state index contributed by atoms with van der Waals surface area (Å²) in [7, 11) is -1.82. The van der Waals surface area contributed by atoms with E-state index in [0.29, 0.717) is 30.0 Å². The van der Waals surface area contributed by atoms with E-state index in [2.05, 4.69) is 4.98 Å². The smallest absolute Gasteiger partial charge is 0.243 e. The molecule has 3 rings (SSSR count). The van der Waals surface area contributed by atoms with E-state index < -0.39 is 10.0 Å². The van der Waals surface area contributed by atoms with Crippen LogP contribution in [0.3, 0.4) is 0 Å². The van der Waals surface area contributed by atoms with Crippen LogP contribution in [-0.4, -0.2) is 40.5 Å². The number of hydrogen-bond acceptors (Lipinski definition) is 5. The molecule has 7 nitrogen and oxygen atoms in total. The van der Waals surface area contributed by atoms with Crippen molar-refractivity contribution in [3.63, 3.8) is 0 Å². The molecule has 0 spiro atoms. The van der Waals surface area contributed by atoms with Crippen LogP contribution >= 0.6 is 0 Å². The second kappa shape index (κ2) is 8.07. The molecule has 150 valence electrons. The van der Waals surface area contributed by atoms with Crippen LogP contribution in [0.4, 0.5) is 0 Å². The Balaban J connectivity index is 2.06. The van der Waals surface area contributed by atoms with Crippen LogP contribution in [0.15, 0.2) is 53.4 Å². The fraction of sp³-hybridized carbons (Fsp3) is 0.238. The molecule has 0 aliphatic carbocycles. The Morgan fingerprint density at radius 2 is 1.76 bits per heavy atom. The third-order valence-corrected chi connectivity index (χ3v) is 6.89. The summed E-state index contributed by atoms with van der Waals surface area (Å²) in [4.78, 5) is 4.59. The molecule has 0 fully saturated rings. The minimum atomic E-state index is -3.59. The van der Waals surface area contributed by atoms with Crippen molar-refractivity contribution in [3.05, 3.63) is 59.9 Å². The molecule has 0 saturated carbocycles. The molecule has 0 aliphatic rings. The summed E-state index contributed by atoms with van der Waals surface area (Å²) in [5, 5.41) is 20.4. The molecule has 2 aromatic carbocycles. The number of allylic oxidation sites excluding steroid dienone is 1. The average molecular weight is 410 g/mol. The van der Waals surface area contributed by atoms with Gasteiger partial charge in [-0.2, -0.15) is 9.57 Å². The number of aryl methyl sites for hydroxylation is 1. The number of nitriles is 1. The predicted molar refractivity (Wildman–Crippen MR) is 112 cm³/mol. The van der Waals surface area contributed by atoms with Gasteiger partial charge < -0.3 is 9.67 Å². The summed E-state index contributed by atoms with van der Waals surface area (Å²) in [5.74, 6) is 0.0868. The van der Waals surface area contributed by atoms with Crippen molar-refractivity contribution in [2.24, 2.45) is 7.05 Å². The van der Waals surface area contributed by atoms with Gasteiger partial charge in [-0.3, -0.25) is 0 Å². The molecule has 1 aromatic heterocycles. The lowest BCUT2D eigenvalue weighted by molar-refractivity contribution is 0.445. The second-order valence-corrected chi connectivity index (χ2v) is 8.37. The zero-order valence-corrected chi connectivity index (χ0v) is 17.3. The standard InChI is InChI=1S/C21H22N4O3S/c1-4-25(5-2)29(27,28)16-12-10-15(11-13-16)20(26)17(14-22)21-23-18-8-6-7-9-19(18)24(21)3/h6-13,26H,4-5H2,1-3H3/b20-17-. The van der Waals surface area contributed by atoms with E-state index in [1.165, 1.54) is 28.6 Å². The highest BCUT2D eigenvalue weighted by Crippen LogP contribution is 2.27. The highest BCUT2D eigenvalue weighted by molar-refractivity contribution is 7.89. The molecule has 0 aliphatic heterocycles. The first-order chi connectivity index (χ1) is 13.8. The first-order valence-corrected chi connectivity index (χ1v) is 10.6. The molecule has 0 unspecified atom stereocenters. The first kappa shape index (κ1) is 20.6. The molecule has 1 N–H and O–H groups in total. The second-order valence-electron chi connectivity index (χ2n) is 6.43. The summed E-state index contributed by atoms with van der Waals surface area (Å²) in [6, 6.07) is 15.3. The van der Waals surface area contributed by atoms with Crippen molar-refractivity contribution in [3.8, 4) is 6.07 Å². The lowest BCUT2D eigenvalue weighted by Gasteiger charge is -2.18. The fourth-order valence-corrected chi connectivity index (χ4v) is 4.68. The van der Waals surface area contributed by atoms with E-state index in [1.54, 1.807) is 25.5 Å². The maximum absolute atomic E-state index is 12.6. The molecule has 3 aromatic rings. The molecule has 0 saturated heterocycles. The number of imidazole rings is 1. The third kappa shape index (κ3) is 3.62. The summed E-state index contributed by atoms with van der Waals surface area (Å²) in [5.41, 5.74) is 1.91. The van der Waals surface area contributed by atoms with Crippen molar-refractivity contribution in [2.45, 2.75) is 18.7 Å². The van der Waals surface area contributed by atoms with Crippen molar-refractivity contribution in [2.75, 3.05) is 13.1 Å². The Hall–Kier alpha value is -3.15. The van der Waals surface area contributed by atoms with Crippen LogP contribution in [0.1, 0.15) is 25.2 Å². The van der Waals surface area contributed by atoms with Gasteiger partial charge in [0.25, 0.3) is 0 Å². The Bertz CT molecular complexity index is 1220. The summed E-state index contributed by atoms with van der Waals surface area (Å²) < 4.78 is 28.3. The number of fused-ring (bicyclic) bond motifs is 1. The Morgan fingerprint density at radius 3 is 2.31 bits per heavy atom. The van der Waals surface area contributed by atoms with Gasteiger partial charge in [-0.25, -0.2) is 13.4 Å². The Kier molecular flexibility index (Phi) is 5.73. The molecule has 0 amide bonds. The molecular weight excluding hydrogens is 388 g/mol. The number of hydrogen-bond donors (Lipinski definition) is 1. The number of rotatable bonds is 6. The van der Waals surface area contributed by atoms with Crippen LogP contribution < -0.4 is 0 Å². The molecule has 8 heteroatoms. The number of benzene rings is 2. The highest BCUT2D eigenvalue weighted by atomic mass is 32.2. The Labute approximate surface area is 170 Å².